The van der Waals surface area contributed by atoms with Crippen LogP contribution >= 0.6 is 23.1 Å². The van der Waals surface area contributed by atoms with E-state index in [2.05, 4.69) is 38.0 Å². The molecule has 86 valence electrons. The molecule has 0 saturated carbocycles. The standard InChI is InChI=1S/C11H20N2S2/c1-5-12-9(4)10-6-13-11(15-10)7-14-8(2)3/h6,8-9,12H,5,7H2,1-4H3. The molecular weight excluding hydrogens is 224 g/mol. The number of hydrogen-bond donors (Lipinski definition) is 1. The average Bonchev–Trinajstić information content (AvgIpc) is 2.63. The van der Waals surface area contributed by atoms with Gasteiger partial charge in [-0.2, -0.15) is 11.8 Å². The molecule has 4 heteroatoms. The lowest BCUT2D eigenvalue weighted by atomic mass is 10.3. The second-order valence-corrected chi connectivity index (χ2v) is 6.51. The second kappa shape index (κ2) is 6.51. The molecule has 0 amide bonds. The Morgan fingerprint density at radius 2 is 2.20 bits per heavy atom. The lowest BCUT2D eigenvalue weighted by Gasteiger charge is -2.08. The Labute approximate surface area is 101 Å². The molecule has 0 saturated heterocycles. The zero-order valence-corrected chi connectivity index (χ0v) is 11.5. The Kier molecular flexibility index (Phi) is 5.64. The first kappa shape index (κ1) is 13.0. The fourth-order valence-electron chi connectivity index (χ4n) is 1.24. The summed E-state index contributed by atoms with van der Waals surface area (Å²) in [5.74, 6) is 1.04. The minimum Gasteiger partial charge on any atom is -0.310 e. The van der Waals surface area contributed by atoms with Gasteiger partial charge in [-0.15, -0.1) is 11.3 Å². The summed E-state index contributed by atoms with van der Waals surface area (Å²) < 4.78 is 0. The Hall–Kier alpha value is -0.0600. The topological polar surface area (TPSA) is 24.9 Å². The summed E-state index contributed by atoms with van der Waals surface area (Å²) in [6, 6.07) is 0.435. The van der Waals surface area contributed by atoms with Crippen molar-refractivity contribution in [2.24, 2.45) is 0 Å². The summed E-state index contributed by atoms with van der Waals surface area (Å²) in [5, 5.41) is 5.33. The Morgan fingerprint density at radius 1 is 1.47 bits per heavy atom. The summed E-state index contributed by atoms with van der Waals surface area (Å²) in [5.41, 5.74) is 0. The number of thiazole rings is 1. The molecule has 1 heterocycles. The molecule has 1 rings (SSSR count). The van der Waals surface area contributed by atoms with Crippen LogP contribution in [-0.2, 0) is 5.75 Å². The van der Waals surface area contributed by atoms with Gasteiger partial charge in [0.25, 0.3) is 0 Å². The highest BCUT2D eigenvalue weighted by Crippen LogP contribution is 2.25. The van der Waals surface area contributed by atoms with E-state index in [4.69, 9.17) is 0 Å². The van der Waals surface area contributed by atoms with Crippen LogP contribution in [0, 0.1) is 0 Å². The number of hydrogen-bond acceptors (Lipinski definition) is 4. The van der Waals surface area contributed by atoms with E-state index in [1.165, 1.54) is 9.88 Å². The first-order chi connectivity index (χ1) is 7.13. The second-order valence-electron chi connectivity index (χ2n) is 3.80. The van der Waals surface area contributed by atoms with E-state index in [1.807, 2.05) is 29.3 Å². The van der Waals surface area contributed by atoms with Gasteiger partial charge >= 0.3 is 0 Å². The van der Waals surface area contributed by atoms with Crippen LogP contribution in [-0.4, -0.2) is 16.8 Å². The summed E-state index contributed by atoms with van der Waals surface area (Å²) in [4.78, 5) is 5.79. The normalized spacial score (nSPS) is 13.4. The molecule has 1 aromatic heterocycles. The average molecular weight is 244 g/mol. The highest BCUT2D eigenvalue weighted by molar-refractivity contribution is 7.99. The van der Waals surface area contributed by atoms with Crippen molar-refractivity contribution in [1.82, 2.24) is 10.3 Å². The van der Waals surface area contributed by atoms with Crippen LogP contribution in [0.15, 0.2) is 6.20 Å². The van der Waals surface area contributed by atoms with E-state index in [1.54, 1.807) is 0 Å². The highest BCUT2D eigenvalue weighted by Gasteiger charge is 2.08. The number of nitrogens with zero attached hydrogens (tertiary/aromatic N) is 1. The van der Waals surface area contributed by atoms with Gasteiger partial charge in [0, 0.05) is 22.9 Å². The molecule has 1 unspecified atom stereocenters. The summed E-state index contributed by atoms with van der Waals surface area (Å²) in [7, 11) is 0. The monoisotopic (exact) mass is 244 g/mol. The van der Waals surface area contributed by atoms with Crippen molar-refractivity contribution in [2.75, 3.05) is 6.54 Å². The molecule has 1 aromatic rings. The Balaban J connectivity index is 2.48. The number of rotatable bonds is 6. The molecule has 0 fully saturated rings. The van der Waals surface area contributed by atoms with E-state index < -0.39 is 0 Å². The van der Waals surface area contributed by atoms with Gasteiger partial charge in [-0.05, 0) is 18.7 Å². The van der Waals surface area contributed by atoms with E-state index >= 15 is 0 Å². The maximum atomic E-state index is 4.45. The van der Waals surface area contributed by atoms with Crippen LogP contribution in [0.5, 0.6) is 0 Å². The van der Waals surface area contributed by atoms with Gasteiger partial charge in [0.1, 0.15) is 5.01 Å². The van der Waals surface area contributed by atoms with Crippen molar-refractivity contribution >= 4 is 23.1 Å². The van der Waals surface area contributed by atoms with Crippen LogP contribution in [0.2, 0.25) is 0 Å². The summed E-state index contributed by atoms with van der Waals surface area (Å²) in [6.45, 7) is 9.78. The van der Waals surface area contributed by atoms with Gasteiger partial charge in [-0.25, -0.2) is 4.98 Å². The summed E-state index contributed by atoms with van der Waals surface area (Å²) in [6.07, 6.45) is 2.01. The summed E-state index contributed by atoms with van der Waals surface area (Å²) >= 11 is 3.78. The maximum absolute atomic E-state index is 4.45. The van der Waals surface area contributed by atoms with Gasteiger partial charge in [-0.1, -0.05) is 20.8 Å². The number of nitrogens with one attached hydrogen (secondary N) is 1. The maximum Gasteiger partial charge on any atom is 0.103 e. The van der Waals surface area contributed by atoms with Gasteiger partial charge in [0.15, 0.2) is 0 Å². The van der Waals surface area contributed by atoms with E-state index in [9.17, 15) is 0 Å². The van der Waals surface area contributed by atoms with Crippen LogP contribution in [0.1, 0.15) is 43.6 Å². The largest absolute Gasteiger partial charge is 0.310 e. The Morgan fingerprint density at radius 3 is 2.80 bits per heavy atom. The third-order valence-electron chi connectivity index (χ3n) is 2.05. The third kappa shape index (κ3) is 4.53. The van der Waals surface area contributed by atoms with Gasteiger partial charge in [0.2, 0.25) is 0 Å². The molecule has 1 N–H and O–H groups in total. The fourth-order valence-corrected chi connectivity index (χ4v) is 2.97. The zero-order valence-electron chi connectivity index (χ0n) is 9.91. The van der Waals surface area contributed by atoms with Crippen LogP contribution in [0.4, 0.5) is 0 Å². The minimum atomic E-state index is 0.435. The van der Waals surface area contributed by atoms with Gasteiger partial charge in [0.05, 0.1) is 0 Å². The van der Waals surface area contributed by atoms with Crippen molar-refractivity contribution in [3.05, 3.63) is 16.1 Å². The molecule has 15 heavy (non-hydrogen) atoms. The molecule has 0 spiro atoms. The number of aromatic nitrogens is 1. The van der Waals surface area contributed by atoms with Crippen molar-refractivity contribution in [2.45, 2.75) is 44.7 Å². The van der Waals surface area contributed by atoms with E-state index in [-0.39, 0.29) is 0 Å². The molecule has 0 bridgehead atoms. The van der Waals surface area contributed by atoms with Crippen molar-refractivity contribution in [3.63, 3.8) is 0 Å². The first-order valence-corrected chi connectivity index (χ1v) is 7.29. The molecule has 0 aliphatic rings. The predicted octanol–water partition coefficient (Wildman–Crippen LogP) is 3.46. The first-order valence-electron chi connectivity index (χ1n) is 5.43. The van der Waals surface area contributed by atoms with Gasteiger partial charge < -0.3 is 5.32 Å². The predicted molar refractivity (Wildman–Crippen MR) is 70.6 cm³/mol. The molecule has 0 aliphatic heterocycles. The molecule has 0 aromatic carbocycles. The molecular formula is C11H20N2S2. The molecule has 0 aliphatic carbocycles. The van der Waals surface area contributed by atoms with E-state index in [0.29, 0.717) is 11.3 Å². The SMILES string of the molecule is CCNC(C)c1cnc(CSC(C)C)s1. The lowest BCUT2D eigenvalue weighted by Crippen LogP contribution is -2.16. The zero-order chi connectivity index (χ0) is 11.3. The van der Waals surface area contributed by atoms with Crippen LogP contribution in [0.3, 0.4) is 0 Å². The smallest absolute Gasteiger partial charge is 0.103 e. The van der Waals surface area contributed by atoms with E-state index in [0.717, 1.165) is 12.3 Å². The van der Waals surface area contributed by atoms with Crippen molar-refractivity contribution in [3.8, 4) is 0 Å². The minimum absolute atomic E-state index is 0.435. The van der Waals surface area contributed by atoms with Crippen LogP contribution in [0.25, 0.3) is 0 Å². The quantitative estimate of drug-likeness (QED) is 0.829. The molecule has 1 atom stereocenters. The van der Waals surface area contributed by atoms with Crippen molar-refractivity contribution < 1.29 is 0 Å². The van der Waals surface area contributed by atoms with Gasteiger partial charge in [-0.3, -0.25) is 0 Å². The highest BCUT2D eigenvalue weighted by atomic mass is 32.2. The van der Waals surface area contributed by atoms with Crippen molar-refractivity contribution in [1.29, 1.82) is 0 Å². The third-order valence-corrected chi connectivity index (χ3v) is 4.52. The lowest BCUT2D eigenvalue weighted by molar-refractivity contribution is 0.606. The molecule has 0 radical (unpaired) electrons. The Bertz CT molecular complexity index is 284. The number of thioether (sulfide) groups is 1. The molecule has 2 nitrogen and oxygen atoms in total. The van der Waals surface area contributed by atoms with Crippen LogP contribution < -0.4 is 5.32 Å². The fraction of sp³-hybridized carbons (Fsp3) is 0.727.